The van der Waals surface area contributed by atoms with Gasteiger partial charge in [-0.25, -0.2) is 14.4 Å². The van der Waals surface area contributed by atoms with E-state index in [1.54, 1.807) is 31.2 Å². The topological polar surface area (TPSA) is 108 Å². The molecular weight excluding hydrogens is 478 g/mol. The lowest BCUT2D eigenvalue weighted by Crippen LogP contribution is -2.39. The van der Waals surface area contributed by atoms with Crippen LogP contribution in [0.4, 0.5) is 0 Å². The summed E-state index contributed by atoms with van der Waals surface area (Å²) in [6.45, 7) is 1.68. The van der Waals surface area contributed by atoms with Gasteiger partial charge in [0.25, 0.3) is 5.91 Å². The van der Waals surface area contributed by atoms with Crippen LogP contribution in [0.5, 0.6) is 0 Å². The molecule has 178 valence electrons. The molecule has 0 bridgehead atoms. The number of nitrogens with one attached hydrogen (secondary N) is 1. The lowest BCUT2D eigenvalue weighted by molar-refractivity contribution is -0.146. The van der Waals surface area contributed by atoms with Crippen LogP contribution in [0.3, 0.4) is 0 Å². The van der Waals surface area contributed by atoms with Crippen LogP contribution in [0.15, 0.2) is 64.4 Å². The quantitative estimate of drug-likeness (QED) is 0.429. The zero-order valence-corrected chi connectivity index (χ0v) is 20.4. The van der Waals surface area contributed by atoms with Crippen LogP contribution in [-0.4, -0.2) is 44.1 Å². The zero-order valence-electron chi connectivity index (χ0n) is 18.7. The van der Waals surface area contributed by atoms with Crippen molar-refractivity contribution in [3.63, 3.8) is 0 Å². The minimum Gasteiger partial charge on any atom is -0.465 e. The fraction of sp³-hybridized carbons (Fsp3) is 0.250. The van der Waals surface area contributed by atoms with E-state index in [1.807, 2.05) is 30.3 Å². The van der Waals surface area contributed by atoms with Gasteiger partial charge < -0.3 is 19.5 Å². The molecule has 0 saturated carbocycles. The summed E-state index contributed by atoms with van der Waals surface area (Å²) in [5, 5.41) is 2.63. The molecule has 1 heterocycles. The second kappa shape index (κ2) is 11.8. The molecule has 0 spiro atoms. The number of ether oxygens (including phenoxy) is 3. The highest BCUT2D eigenvalue weighted by atomic mass is 32.2. The largest absolute Gasteiger partial charge is 0.465 e. The average molecular weight is 502 g/mol. The van der Waals surface area contributed by atoms with Gasteiger partial charge in [0, 0.05) is 5.56 Å². The van der Waals surface area contributed by atoms with Gasteiger partial charge in [0.1, 0.15) is 22.5 Å². The summed E-state index contributed by atoms with van der Waals surface area (Å²) < 4.78 is 14.5. The third kappa shape index (κ3) is 6.21. The molecule has 1 amide bonds. The number of carbonyl (C=O) groups excluding carboxylic acids is 4. The Bertz CT molecular complexity index is 1070. The molecule has 34 heavy (non-hydrogen) atoms. The zero-order chi connectivity index (χ0) is 24.7. The van der Waals surface area contributed by atoms with Gasteiger partial charge in [-0.2, -0.15) is 0 Å². The first-order valence-electron chi connectivity index (χ1n) is 10.2. The monoisotopic (exact) mass is 501 g/mol. The van der Waals surface area contributed by atoms with Gasteiger partial charge in [-0.3, -0.25) is 4.79 Å². The summed E-state index contributed by atoms with van der Waals surface area (Å²) >= 11 is 2.37. The molecule has 2 aromatic rings. The Labute approximate surface area is 205 Å². The van der Waals surface area contributed by atoms with Crippen molar-refractivity contribution in [1.82, 2.24) is 5.32 Å². The molecule has 10 heteroatoms. The molecule has 0 aromatic heterocycles. The Morgan fingerprint density at radius 2 is 1.44 bits per heavy atom. The fourth-order valence-electron chi connectivity index (χ4n) is 2.93. The molecule has 0 saturated heterocycles. The maximum Gasteiger partial charge on any atom is 0.345 e. The molecule has 2 aromatic carbocycles. The minimum absolute atomic E-state index is 0.125. The van der Waals surface area contributed by atoms with Crippen LogP contribution in [0, 0.1) is 0 Å². The molecule has 1 aliphatic heterocycles. The molecule has 1 aliphatic rings. The van der Waals surface area contributed by atoms with Crippen molar-refractivity contribution in [2.24, 2.45) is 0 Å². The molecule has 0 radical (unpaired) electrons. The number of hydrogen-bond acceptors (Lipinski definition) is 9. The van der Waals surface area contributed by atoms with E-state index in [2.05, 4.69) is 5.32 Å². The summed E-state index contributed by atoms with van der Waals surface area (Å²) in [7, 11) is 2.49. The number of esters is 3. The maximum absolute atomic E-state index is 12.6. The van der Waals surface area contributed by atoms with Crippen molar-refractivity contribution in [1.29, 1.82) is 0 Å². The fourth-order valence-corrected chi connectivity index (χ4v) is 5.75. The molecule has 0 unspecified atom stereocenters. The van der Waals surface area contributed by atoms with Gasteiger partial charge in [-0.05, 0) is 30.2 Å². The lowest BCUT2D eigenvalue weighted by atomic mass is 10.1. The lowest BCUT2D eigenvalue weighted by Gasteiger charge is -2.14. The van der Waals surface area contributed by atoms with Crippen LogP contribution >= 0.6 is 23.5 Å². The summed E-state index contributed by atoms with van der Waals surface area (Å²) in [4.78, 5) is 49.2. The Kier molecular flexibility index (Phi) is 8.78. The Hall–Kier alpha value is -3.24. The van der Waals surface area contributed by atoms with Gasteiger partial charge in [-0.15, -0.1) is 0 Å². The van der Waals surface area contributed by atoms with E-state index < -0.39 is 29.9 Å². The number of hydrogen-bond donors (Lipinski definition) is 1. The van der Waals surface area contributed by atoms with Crippen molar-refractivity contribution in [2.75, 3.05) is 14.2 Å². The van der Waals surface area contributed by atoms with Crippen LogP contribution in [-0.2, 0) is 35.2 Å². The molecule has 0 aliphatic carbocycles. The SMILES string of the molecule is COC(=O)C1=C(C(=O)OC)SC(c2ccc(C(=O)N[C@@H](C)C(=O)OCc3ccccc3)cc2)S1. The van der Waals surface area contributed by atoms with Gasteiger partial charge in [0.15, 0.2) is 0 Å². The van der Waals surface area contributed by atoms with Gasteiger partial charge in [0.05, 0.1) is 18.8 Å². The van der Waals surface area contributed by atoms with Crippen LogP contribution < -0.4 is 5.32 Å². The third-order valence-electron chi connectivity index (χ3n) is 4.77. The first-order valence-corrected chi connectivity index (χ1v) is 12.0. The number of carbonyl (C=O) groups is 4. The van der Waals surface area contributed by atoms with Crippen molar-refractivity contribution in [3.8, 4) is 0 Å². The third-order valence-corrected chi connectivity index (χ3v) is 7.66. The number of benzene rings is 2. The van der Waals surface area contributed by atoms with Crippen molar-refractivity contribution >= 4 is 47.3 Å². The highest BCUT2D eigenvalue weighted by Gasteiger charge is 2.36. The number of thioether (sulfide) groups is 2. The summed E-state index contributed by atoms with van der Waals surface area (Å²) in [5.41, 5.74) is 2.00. The standard InChI is InChI=1S/C24H23NO7S2/c1-14(21(27)32-13-15-7-5-4-6-8-15)25-20(26)16-9-11-17(12-10-16)24-33-18(22(28)30-2)19(34-24)23(29)31-3/h4-12,14,24H,13H2,1-3H3,(H,25,26)/t14-/m0/s1. The first kappa shape index (κ1) is 25.4. The minimum atomic E-state index is -0.828. The van der Waals surface area contributed by atoms with E-state index in [1.165, 1.54) is 37.7 Å². The first-order chi connectivity index (χ1) is 16.3. The van der Waals surface area contributed by atoms with Crippen molar-refractivity contribution < 1.29 is 33.4 Å². The smallest absolute Gasteiger partial charge is 0.345 e. The summed E-state index contributed by atoms with van der Waals surface area (Å²) in [5.74, 6) is -2.18. The summed E-state index contributed by atoms with van der Waals surface area (Å²) in [6, 6.07) is 15.1. The van der Waals surface area contributed by atoms with Crippen molar-refractivity contribution in [3.05, 3.63) is 81.1 Å². The number of amides is 1. The Morgan fingerprint density at radius 1 is 0.882 bits per heavy atom. The van der Waals surface area contributed by atoms with E-state index in [0.717, 1.165) is 11.1 Å². The molecule has 1 atom stereocenters. The van der Waals surface area contributed by atoms with Crippen LogP contribution in [0.1, 0.15) is 33.0 Å². The van der Waals surface area contributed by atoms with E-state index in [9.17, 15) is 19.2 Å². The molecule has 1 N–H and O–H groups in total. The average Bonchev–Trinajstić information content (AvgIpc) is 3.32. The van der Waals surface area contributed by atoms with Gasteiger partial charge >= 0.3 is 17.9 Å². The second-order valence-electron chi connectivity index (χ2n) is 7.12. The van der Waals surface area contributed by atoms with Gasteiger partial charge in [-0.1, -0.05) is 66.0 Å². The van der Waals surface area contributed by atoms with E-state index in [0.29, 0.717) is 5.56 Å². The Balaban J connectivity index is 1.58. The highest BCUT2D eigenvalue weighted by Crippen LogP contribution is 2.55. The maximum atomic E-state index is 12.6. The predicted octanol–water partition coefficient (Wildman–Crippen LogP) is 3.58. The second-order valence-corrected chi connectivity index (χ2v) is 9.65. The van der Waals surface area contributed by atoms with E-state index >= 15 is 0 Å². The molecule has 3 rings (SSSR count). The molecule has 0 fully saturated rings. The van der Waals surface area contributed by atoms with Crippen molar-refractivity contribution in [2.45, 2.75) is 24.2 Å². The van der Waals surface area contributed by atoms with Crippen LogP contribution in [0.2, 0.25) is 0 Å². The predicted molar refractivity (Wildman–Crippen MR) is 129 cm³/mol. The number of rotatable bonds is 8. The van der Waals surface area contributed by atoms with E-state index in [4.69, 9.17) is 14.2 Å². The molecular formula is C24H23NO7S2. The normalized spacial score (nSPS) is 14.3. The molecule has 8 nitrogen and oxygen atoms in total. The highest BCUT2D eigenvalue weighted by molar-refractivity contribution is 8.23. The Morgan fingerprint density at radius 3 is 1.97 bits per heavy atom. The number of methoxy groups -OCH3 is 2. The van der Waals surface area contributed by atoms with Gasteiger partial charge in [0.2, 0.25) is 0 Å². The summed E-state index contributed by atoms with van der Waals surface area (Å²) in [6.07, 6.45) is 0. The van der Waals surface area contributed by atoms with Crippen LogP contribution in [0.25, 0.3) is 0 Å². The van der Waals surface area contributed by atoms with E-state index in [-0.39, 0.29) is 21.0 Å².